The highest BCUT2D eigenvalue weighted by atomic mass is 28.3. The predicted octanol–water partition coefficient (Wildman–Crippen LogP) is 3.08. The molecule has 0 radical (unpaired) electrons. The first-order valence-electron chi connectivity index (χ1n) is 6.04. The second kappa shape index (κ2) is 5.46. The van der Waals surface area contributed by atoms with Gasteiger partial charge in [-0.25, -0.2) is 0 Å². The minimum Gasteiger partial charge on any atom is -0.321 e. The molecule has 0 aliphatic rings. The molecule has 1 aromatic carbocycles. The average molecular weight is 233 g/mol. The topological polar surface area (TPSA) is 3.24 Å². The Labute approximate surface area is 101 Å². The van der Waals surface area contributed by atoms with Crippen molar-refractivity contribution in [3.63, 3.8) is 0 Å². The van der Waals surface area contributed by atoms with Crippen LogP contribution in [0.1, 0.15) is 19.4 Å². The van der Waals surface area contributed by atoms with Crippen LogP contribution in [-0.4, -0.2) is 25.9 Å². The predicted molar refractivity (Wildman–Crippen MR) is 76.6 cm³/mol. The maximum Gasteiger partial charge on any atom is 0.154 e. The molecule has 0 unspecified atom stereocenters. The van der Waals surface area contributed by atoms with Gasteiger partial charge in [0.05, 0.1) is 0 Å². The molecule has 0 N–H and O–H groups in total. The molecule has 0 saturated heterocycles. The summed E-state index contributed by atoms with van der Waals surface area (Å²) >= 11 is 0. The van der Waals surface area contributed by atoms with E-state index in [2.05, 4.69) is 62.4 Å². The molecular weight excluding hydrogens is 210 g/mol. The fourth-order valence-electron chi connectivity index (χ4n) is 2.22. The number of nitrogens with zero attached hydrogens (tertiary/aromatic N) is 1. The Balaban J connectivity index is 3.00. The quantitative estimate of drug-likeness (QED) is 0.707. The highest BCUT2D eigenvalue weighted by Gasteiger charge is 2.29. The third-order valence-corrected chi connectivity index (χ3v) is 7.37. The van der Waals surface area contributed by atoms with E-state index in [0.717, 1.165) is 13.1 Å². The largest absolute Gasteiger partial charge is 0.321 e. The van der Waals surface area contributed by atoms with E-state index in [1.165, 1.54) is 10.8 Å². The summed E-state index contributed by atoms with van der Waals surface area (Å²) < 4.78 is 2.61. The van der Waals surface area contributed by atoms with Gasteiger partial charge in [0.25, 0.3) is 0 Å². The molecule has 0 saturated carbocycles. The molecule has 1 aromatic rings. The van der Waals surface area contributed by atoms with Gasteiger partial charge < -0.3 is 4.57 Å². The zero-order chi connectivity index (χ0) is 12.2. The van der Waals surface area contributed by atoms with Crippen LogP contribution in [0.2, 0.25) is 13.1 Å². The molecule has 1 rings (SSSR count). The zero-order valence-electron chi connectivity index (χ0n) is 11.0. The van der Waals surface area contributed by atoms with Gasteiger partial charge in [0, 0.05) is 0 Å². The minimum absolute atomic E-state index is 1.14. The number of rotatable bonds is 5. The summed E-state index contributed by atoms with van der Waals surface area (Å²) in [4.78, 5) is 0. The summed E-state index contributed by atoms with van der Waals surface area (Å²) in [5.74, 6) is 0. The van der Waals surface area contributed by atoms with Gasteiger partial charge in [0.1, 0.15) is 0 Å². The van der Waals surface area contributed by atoms with E-state index in [9.17, 15) is 0 Å². The number of hydrogen-bond donors (Lipinski definition) is 0. The molecule has 0 bridgehead atoms. The summed E-state index contributed by atoms with van der Waals surface area (Å²) in [6.45, 7) is 15.4. The Morgan fingerprint density at radius 3 is 2.00 bits per heavy atom. The molecule has 0 amide bonds. The molecule has 0 spiro atoms. The van der Waals surface area contributed by atoms with E-state index in [0.29, 0.717) is 0 Å². The maximum absolute atomic E-state index is 3.79. The smallest absolute Gasteiger partial charge is 0.154 e. The van der Waals surface area contributed by atoms with E-state index in [1.54, 1.807) is 0 Å². The standard InChI is InChI=1S/C14H23NSi/c1-6-13-9-11-14(12-10-13)16(4,5)15(7-2)8-3/h6,9-12H,1,7-8H2,2-5H3. The van der Waals surface area contributed by atoms with Crippen LogP contribution in [-0.2, 0) is 0 Å². The molecule has 0 aromatic heterocycles. The van der Waals surface area contributed by atoms with Gasteiger partial charge in [-0.1, -0.05) is 63.9 Å². The fourth-order valence-corrected chi connectivity index (χ4v) is 5.15. The summed E-state index contributed by atoms with van der Waals surface area (Å²) in [5, 5.41) is 1.50. The van der Waals surface area contributed by atoms with Crippen molar-refractivity contribution in [1.29, 1.82) is 0 Å². The van der Waals surface area contributed by atoms with Crippen molar-refractivity contribution in [1.82, 2.24) is 4.57 Å². The molecule has 16 heavy (non-hydrogen) atoms. The van der Waals surface area contributed by atoms with Gasteiger partial charge in [-0.2, -0.15) is 0 Å². The third-order valence-electron chi connectivity index (χ3n) is 3.41. The monoisotopic (exact) mass is 233 g/mol. The van der Waals surface area contributed by atoms with Crippen LogP contribution in [0.5, 0.6) is 0 Å². The van der Waals surface area contributed by atoms with Crippen LogP contribution in [0.4, 0.5) is 0 Å². The van der Waals surface area contributed by atoms with Crippen molar-refractivity contribution in [2.75, 3.05) is 13.1 Å². The molecule has 0 atom stereocenters. The molecular formula is C14H23NSi. The molecule has 0 fully saturated rings. The van der Waals surface area contributed by atoms with Crippen LogP contribution in [0.3, 0.4) is 0 Å². The fraction of sp³-hybridized carbons (Fsp3) is 0.429. The lowest BCUT2D eigenvalue weighted by atomic mass is 10.2. The number of hydrogen-bond acceptors (Lipinski definition) is 1. The highest BCUT2D eigenvalue weighted by Crippen LogP contribution is 2.11. The van der Waals surface area contributed by atoms with Crippen LogP contribution >= 0.6 is 0 Å². The van der Waals surface area contributed by atoms with E-state index < -0.39 is 8.24 Å². The molecule has 0 aliphatic carbocycles. The van der Waals surface area contributed by atoms with Crippen molar-refractivity contribution in [2.24, 2.45) is 0 Å². The van der Waals surface area contributed by atoms with Gasteiger partial charge in [-0.3, -0.25) is 0 Å². The van der Waals surface area contributed by atoms with E-state index >= 15 is 0 Å². The van der Waals surface area contributed by atoms with Gasteiger partial charge in [0.2, 0.25) is 0 Å². The average Bonchev–Trinajstić information content (AvgIpc) is 2.30. The van der Waals surface area contributed by atoms with E-state index in [4.69, 9.17) is 0 Å². The molecule has 2 heteroatoms. The summed E-state index contributed by atoms with van der Waals surface area (Å²) in [5.41, 5.74) is 1.20. The maximum atomic E-state index is 3.79. The molecule has 0 heterocycles. The van der Waals surface area contributed by atoms with E-state index in [-0.39, 0.29) is 0 Å². The first-order chi connectivity index (χ1) is 7.56. The van der Waals surface area contributed by atoms with Crippen molar-refractivity contribution in [3.05, 3.63) is 36.4 Å². The lowest BCUT2D eigenvalue weighted by Gasteiger charge is -2.35. The SMILES string of the molecule is C=Cc1ccc([Si](C)(C)N(CC)CC)cc1. The first-order valence-corrected chi connectivity index (χ1v) is 8.99. The Morgan fingerprint density at radius 1 is 1.12 bits per heavy atom. The lowest BCUT2D eigenvalue weighted by Crippen LogP contribution is -2.57. The van der Waals surface area contributed by atoms with Crippen LogP contribution in [0.25, 0.3) is 6.08 Å². The Kier molecular flexibility index (Phi) is 4.51. The van der Waals surface area contributed by atoms with Crippen LogP contribution in [0.15, 0.2) is 30.8 Å². The van der Waals surface area contributed by atoms with Crippen molar-refractivity contribution in [3.8, 4) is 0 Å². The van der Waals surface area contributed by atoms with E-state index in [1.807, 2.05) is 6.08 Å². The minimum atomic E-state index is -1.45. The van der Waals surface area contributed by atoms with Crippen molar-refractivity contribution in [2.45, 2.75) is 26.9 Å². The zero-order valence-corrected chi connectivity index (χ0v) is 12.0. The summed E-state index contributed by atoms with van der Waals surface area (Å²) in [6, 6.07) is 8.87. The Bertz CT molecular complexity index is 336. The van der Waals surface area contributed by atoms with Gasteiger partial charge in [0.15, 0.2) is 8.24 Å². The Hall–Kier alpha value is -0.863. The van der Waals surface area contributed by atoms with Crippen LogP contribution in [0, 0.1) is 0 Å². The third kappa shape index (κ3) is 2.63. The number of benzene rings is 1. The lowest BCUT2D eigenvalue weighted by molar-refractivity contribution is 0.474. The summed E-state index contributed by atoms with van der Waals surface area (Å²) in [7, 11) is -1.45. The van der Waals surface area contributed by atoms with Crippen molar-refractivity contribution < 1.29 is 0 Å². The second-order valence-corrected chi connectivity index (χ2v) is 8.89. The summed E-state index contributed by atoms with van der Waals surface area (Å²) in [6.07, 6.45) is 1.90. The molecule has 1 nitrogen and oxygen atoms in total. The van der Waals surface area contributed by atoms with Crippen molar-refractivity contribution >= 4 is 19.5 Å². The van der Waals surface area contributed by atoms with Gasteiger partial charge >= 0.3 is 0 Å². The van der Waals surface area contributed by atoms with Gasteiger partial charge in [-0.15, -0.1) is 0 Å². The molecule has 88 valence electrons. The second-order valence-electron chi connectivity index (χ2n) is 4.56. The van der Waals surface area contributed by atoms with Gasteiger partial charge in [-0.05, 0) is 23.8 Å². The highest BCUT2D eigenvalue weighted by molar-refractivity contribution is 6.87. The first kappa shape index (κ1) is 13.2. The Morgan fingerprint density at radius 2 is 1.62 bits per heavy atom. The molecule has 0 aliphatic heterocycles. The van der Waals surface area contributed by atoms with Crippen LogP contribution < -0.4 is 5.19 Å². The normalized spacial score (nSPS) is 11.8.